The smallest absolute Gasteiger partial charge is 0.359 e. The molecule has 1 heterocycles. The lowest BCUT2D eigenvalue weighted by atomic mass is 10.1. The van der Waals surface area contributed by atoms with E-state index in [9.17, 15) is 31.1 Å². The number of hydrogen-bond donors (Lipinski definition) is 1. The van der Waals surface area contributed by atoms with E-state index in [1.807, 2.05) is 0 Å². The number of hydrogen-bond acceptors (Lipinski definition) is 2. The summed E-state index contributed by atoms with van der Waals surface area (Å²) in [6, 6.07) is 0.0668. The second-order valence-corrected chi connectivity index (χ2v) is 5.94. The van der Waals surface area contributed by atoms with E-state index in [0.29, 0.717) is 12.1 Å². The molecule has 0 radical (unpaired) electrons. The molecular weight excluding hydrogens is 342 g/mol. The molecule has 1 aliphatic rings. The van der Waals surface area contributed by atoms with Gasteiger partial charge in [0.1, 0.15) is 6.73 Å². The third-order valence-electron chi connectivity index (χ3n) is 3.49. The predicted octanol–water partition coefficient (Wildman–Crippen LogP) is 4.32. The molecule has 1 N–H and O–H groups in total. The molecule has 1 aromatic carbocycles. The molecule has 2 rings (SSSR count). The number of nitrogens with one attached hydrogen (secondary N) is 1. The molecule has 1 aromatic rings. The van der Waals surface area contributed by atoms with Gasteiger partial charge in [0, 0.05) is 5.69 Å². The maximum Gasteiger partial charge on any atom is 0.416 e. The van der Waals surface area contributed by atoms with Crippen molar-refractivity contribution in [3.05, 3.63) is 29.3 Å². The Labute approximate surface area is 133 Å². The monoisotopic (exact) mass is 356 g/mol. The quantitative estimate of drug-likeness (QED) is 0.762. The highest BCUT2D eigenvalue weighted by Crippen LogP contribution is 2.37. The molecule has 0 aliphatic carbocycles. The zero-order chi connectivity index (χ0) is 18.3. The van der Waals surface area contributed by atoms with Crippen molar-refractivity contribution in [1.82, 2.24) is 4.90 Å². The van der Waals surface area contributed by atoms with E-state index in [1.165, 1.54) is 4.90 Å². The fourth-order valence-corrected chi connectivity index (χ4v) is 2.19. The number of alkyl halides is 6. The SMILES string of the molecule is CC1(C)COCN1C(=O)Nc1cc(C(F)(F)F)cc(C(F)(F)F)c1. The minimum absolute atomic E-state index is 0.00143. The fourth-order valence-electron chi connectivity index (χ4n) is 2.19. The summed E-state index contributed by atoms with van der Waals surface area (Å²) in [5.41, 5.74) is -4.31. The third kappa shape index (κ3) is 3.92. The van der Waals surface area contributed by atoms with Gasteiger partial charge in [-0.25, -0.2) is 4.79 Å². The van der Waals surface area contributed by atoms with Crippen LogP contribution in [0.4, 0.5) is 36.8 Å². The Bertz CT molecular complexity index is 607. The van der Waals surface area contributed by atoms with E-state index in [2.05, 4.69) is 5.32 Å². The molecule has 1 aliphatic heterocycles. The molecule has 10 heteroatoms. The van der Waals surface area contributed by atoms with Crippen LogP contribution in [0.3, 0.4) is 0 Å². The Morgan fingerprint density at radius 2 is 1.58 bits per heavy atom. The molecule has 0 aromatic heterocycles. The number of carbonyl (C=O) groups excluding carboxylic acids is 1. The van der Waals surface area contributed by atoms with Crippen LogP contribution in [0, 0.1) is 0 Å². The minimum atomic E-state index is -4.98. The van der Waals surface area contributed by atoms with Gasteiger partial charge in [-0.3, -0.25) is 4.90 Å². The topological polar surface area (TPSA) is 41.6 Å². The van der Waals surface area contributed by atoms with Gasteiger partial charge in [-0.05, 0) is 32.0 Å². The Hall–Kier alpha value is -1.97. The lowest BCUT2D eigenvalue weighted by Crippen LogP contribution is -2.46. The zero-order valence-electron chi connectivity index (χ0n) is 12.7. The highest BCUT2D eigenvalue weighted by Gasteiger charge is 2.39. The fraction of sp³-hybridized carbons (Fsp3) is 0.500. The van der Waals surface area contributed by atoms with Crippen LogP contribution in [0.5, 0.6) is 0 Å². The summed E-state index contributed by atoms with van der Waals surface area (Å²) in [6.07, 6.45) is -9.95. The van der Waals surface area contributed by atoms with E-state index in [-0.39, 0.29) is 19.4 Å². The normalized spacial score (nSPS) is 17.9. The lowest BCUT2D eigenvalue weighted by Gasteiger charge is -2.29. The molecule has 0 unspecified atom stereocenters. The van der Waals surface area contributed by atoms with Gasteiger partial charge in [-0.2, -0.15) is 26.3 Å². The second-order valence-electron chi connectivity index (χ2n) is 5.94. The van der Waals surface area contributed by atoms with E-state index < -0.39 is 40.7 Å². The maximum absolute atomic E-state index is 12.8. The minimum Gasteiger partial charge on any atom is -0.359 e. The van der Waals surface area contributed by atoms with Crippen LogP contribution in [0.1, 0.15) is 25.0 Å². The van der Waals surface area contributed by atoms with Gasteiger partial charge in [0.15, 0.2) is 0 Å². The summed E-state index contributed by atoms with van der Waals surface area (Å²) in [5, 5.41) is 2.07. The second kappa shape index (κ2) is 5.83. The van der Waals surface area contributed by atoms with Crippen LogP contribution in [-0.2, 0) is 17.1 Å². The number of rotatable bonds is 1. The largest absolute Gasteiger partial charge is 0.416 e. The Morgan fingerprint density at radius 1 is 1.08 bits per heavy atom. The average Bonchev–Trinajstić information content (AvgIpc) is 2.76. The molecule has 24 heavy (non-hydrogen) atoms. The first-order valence-corrected chi connectivity index (χ1v) is 6.76. The summed E-state index contributed by atoms with van der Waals surface area (Å²) < 4.78 is 81.8. The first-order valence-electron chi connectivity index (χ1n) is 6.76. The molecule has 0 bridgehead atoms. The number of carbonyl (C=O) groups is 1. The van der Waals surface area contributed by atoms with E-state index >= 15 is 0 Å². The number of anilines is 1. The first kappa shape index (κ1) is 18.4. The number of ether oxygens (including phenoxy) is 1. The molecule has 2 amide bonds. The van der Waals surface area contributed by atoms with Gasteiger partial charge < -0.3 is 10.1 Å². The average molecular weight is 356 g/mol. The van der Waals surface area contributed by atoms with Crippen LogP contribution in [0.2, 0.25) is 0 Å². The Kier molecular flexibility index (Phi) is 4.47. The molecule has 4 nitrogen and oxygen atoms in total. The molecule has 0 spiro atoms. The Morgan fingerprint density at radius 3 is 1.96 bits per heavy atom. The van der Waals surface area contributed by atoms with Gasteiger partial charge >= 0.3 is 18.4 Å². The van der Waals surface area contributed by atoms with Crippen LogP contribution in [0.25, 0.3) is 0 Å². The lowest BCUT2D eigenvalue weighted by molar-refractivity contribution is -0.143. The molecule has 1 saturated heterocycles. The summed E-state index contributed by atoms with van der Waals surface area (Å²) in [4.78, 5) is 13.3. The molecular formula is C14H14F6N2O2. The third-order valence-corrected chi connectivity index (χ3v) is 3.49. The zero-order valence-corrected chi connectivity index (χ0v) is 12.7. The highest BCUT2D eigenvalue weighted by atomic mass is 19.4. The van der Waals surface area contributed by atoms with E-state index in [0.717, 1.165) is 0 Å². The summed E-state index contributed by atoms with van der Waals surface area (Å²) in [7, 11) is 0. The summed E-state index contributed by atoms with van der Waals surface area (Å²) in [6.45, 7) is 3.42. The highest BCUT2D eigenvalue weighted by molar-refractivity contribution is 5.90. The molecule has 1 fully saturated rings. The van der Waals surface area contributed by atoms with E-state index in [4.69, 9.17) is 4.74 Å². The number of benzene rings is 1. The molecule has 0 saturated carbocycles. The number of urea groups is 1. The van der Waals surface area contributed by atoms with Crippen molar-refractivity contribution in [2.24, 2.45) is 0 Å². The molecule has 0 atom stereocenters. The van der Waals surface area contributed by atoms with Gasteiger partial charge in [-0.1, -0.05) is 0 Å². The predicted molar refractivity (Wildman–Crippen MR) is 72.2 cm³/mol. The van der Waals surface area contributed by atoms with Crippen LogP contribution in [0.15, 0.2) is 18.2 Å². The van der Waals surface area contributed by atoms with Crippen molar-refractivity contribution in [2.45, 2.75) is 31.7 Å². The van der Waals surface area contributed by atoms with Crippen molar-refractivity contribution in [1.29, 1.82) is 0 Å². The summed E-state index contributed by atoms with van der Waals surface area (Å²) in [5.74, 6) is 0. The number of amides is 2. The van der Waals surface area contributed by atoms with E-state index in [1.54, 1.807) is 13.8 Å². The number of halogens is 6. The van der Waals surface area contributed by atoms with Crippen molar-refractivity contribution in [2.75, 3.05) is 18.7 Å². The standard InChI is InChI=1S/C14H14F6N2O2/c1-12(2)6-24-7-22(12)11(23)21-10-4-8(13(15,16)17)3-9(5-10)14(18,19)20/h3-5H,6-7H2,1-2H3,(H,21,23). The molecule has 134 valence electrons. The van der Waals surface area contributed by atoms with Crippen molar-refractivity contribution < 1.29 is 35.9 Å². The van der Waals surface area contributed by atoms with Crippen LogP contribution < -0.4 is 5.32 Å². The van der Waals surface area contributed by atoms with Crippen LogP contribution in [-0.4, -0.2) is 29.8 Å². The van der Waals surface area contributed by atoms with Gasteiger partial charge in [0.05, 0.1) is 23.3 Å². The Balaban J connectivity index is 2.34. The van der Waals surface area contributed by atoms with Crippen molar-refractivity contribution >= 4 is 11.7 Å². The number of nitrogens with zero attached hydrogens (tertiary/aromatic N) is 1. The van der Waals surface area contributed by atoms with Gasteiger partial charge in [0.2, 0.25) is 0 Å². The maximum atomic E-state index is 12.8. The van der Waals surface area contributed by atoms with Gasteiger partial charge in [0.25, 0.3) is 0 Å². The first-order chi connectivity index (χ1) is 10.8. The van der Waals surface area contributed by atoms with Crippen LogP contribution >= 0.6 is 0 Å². The van der Waals surface area contributed by atoms with Gasteiger partial charge in [-0.15, -0.1) is 0 Å². The van der Waals surface area contributed by atoms with Crippen molar-refractivity contribution in [3.8, 4) is 0 Å². The summed E-state index contributed by atoms with van der Waals surface area (Å²) >= 11 is 0. The van der Waals surface area contributed by atoms with Crippen molar-refractivity contribution in [3.63, 3.8) is 0 Å².